The fourth-order valence-electron chi connectivity index (χ4n) is 3.03. The molecule has 0 aliphatic rings. The number of aromatic hydroxyl groups is 1. The van der Waals surface area contributed by atoms with Crippen LogP contribution in [0.5, 0.6) is 5.75 Å². The predicted molar refractivity (Wildman–Crippen MR) is 99.6 cm³/mol. The number of phenols is 1. The van der Waals surface area contributed by atoms with Crippen molar-refractivity contribution < 1.29 is 19.8 Å². The summed E-state index contributed by atoms with van der Waals surface area (Å²) in [5.41, 5.74) is 3.33. The van der Waals surface area contributed by atoms with Gasteiger partial charge in [-0.2, -0.15) is 0 Å². The molecule has 0 aliphatic heterocycles. The van der Waals surface area contributed by atoms with Crippen molar-refractivity contribution >= 4 is 17.5 Å². The van der Waals surface area contributed by atoms with E-state index in [1.54, 1.807) is 12.1 Å². The molecule has 0 spiro atoms. The van der Waals surface area contributed by atoms with Gasteiger partial charge in [-0.05, 0) is 43.2 Å². The van der Waals surface area contributed by atoms with Crippen LogP contribution in [0.1, 0.15) is 23.4 Å². The summed E-state index contributed by atoms with van der Waals surface area (Å²) in [5.74, 6) is -1.31. The molecule has 1 atom stereocenters. The van der Waals surface area contributed by atoms with Crippen molar-refractivity contribution in [1.82, 2.24) is 14.7 Å². The third-order valence-electron chi connectivity index (χ3n) is 4.43. The molecule has 0 saturated carbocycles. The third-order valence-corrected chi connectivity index (χ3v) is 4.43. The van der Waals surface area contributed by atoms with Gasteiger partial charge in [0.2, 0.25) is 5.91 Å². The second kappa shape index (κ2) is 7.90. The normalized spacial score (nSPS) is 12.0. The number of carbonyl (C=O) groups excluding carboxylic acids is 1. The number of hydrogen-bond acceptors (Lipinski definition) is 4. The number of pyridine rings is 1. The van der Waals surface area contributed by atoms with Gasteiger partial charge in [-0.15, -0.1) is 0 Å². The minimum atomic E-state index is -1.09. The second-order valence-corrected chi connectivity index (χ2v) is 6.40. The maximum Gasteiger partial charge on any atom is 0.326 e. The Bertz CT molecular complexity index is 963. The lowest BCUT2D eigenvalue weighted by Crippen LogP contribution is -2.42. The molecule has 1 amide bonds. The van der Waals surface area contributed by atoms with E-state index in [9.17, 15) is 19.8 Å². The van der Waals surface area contributed by atoms with E-state index in [2.05, 4.69) is 10.3 Å². The van der Waals surface area contributed by atoms with Crippen molar-refractivity contribution in [1.29, 1.82) is 0 Å². The molecule has 0 aliphatic carbocycles. The summed E-state index contributed by atoms with van der Waals surface area (Å²) in [7, 11) is 0. The molecule has 3 aromatic rings. The molecule has 140 valence electrons. The Morgan fingerprint density at radius 3 is 2.63 bits per heavy atom. The zero-order chi connectivity index (χ0) is 19.4. The van der Waals surface area contributed by atoms with Gasteiger partial charge in [-0.3, -0.25) is 4.79 Å². The lowest BCUT2D eigenvalue weighted by molar-refractivity contribution is -0.141. The topological polar surface area (TPSA) is 104 Å². The minimum absolute atomic E-state index is 0.109. The van der Waals surface area contributed by atoms with Gasteiger partial charge in [0.1, 0.15) is 17.4 Å². The van der Waals surface area contributed by atoms with Crippen LogP contribution in [0.2, 0.25) is 0 Å². The van der Waals surface area contributed by atoms with E-state index < -0.39 is 12.0 Å². The zero-order valence-corrected chi connectivity index (χ0v) is 14.9. The molecule has 1 aromatic carbocycles. The highest BCUT2D eigenvalue weighted by molar-refractivity contribution is 5.83. The lowest BCUT2D eigenvalue weighted by Gasteiger charge is -2.15. The molecular weight excluding hydrogens is 346 g/mol. The molecule has 2 heterocycles. The summed E-state index contributed by atoms with van der Waals surface area (Å²) in [4.78, 5) is 28.3. The number of aliphatic carboxylic acids is 1. The molecule has 2 aromatic heterocycles. The van der Waals surface area contributed by atoms with E-state index in [1.807, 2.05) is 35.7 Å². The first-order valence-corrected chi connectivity index (χ1v) is 8.66. The number of nitrogens with one attached hydrogen (secondary N) is 1. The molecule has 0 radical (unpaired) electrons. The van der Waals surface area contributed by atoms with Crippen molar-refractivity contribution in [3.8, 4) is 5.75 Å². The van der Waals surface area contributed by atoms with E-state index in [0.717, 1.165) is 22.6 Å². The summed E-state index contributed by atoms with van der Waals surface area (Å²) in [6.07, 6.45) is 2.68. The molecule has 0 fully saturated rings. The van der Waals surface area contributed by atoms with Crippen LogP contribution in [0.4, 0.5) is 0 Å². The SMILES string of the molecule is Cc1nc2ccccn2c1CCC(=O)NC(Cc1ccc(O)cc1)C(=O)O. The van der Waals surface area contributed by atoms with E-state index in [1.165, 1.54) is 12.1 Å². The monoisotopic (exact) mass is 367 g/mol. The first-order chi connectivity index (χ1) is 12.9. The average molecular weight is 367 g/mol. The van der Waals surface area contributed by atoms with Crippen LogP contribution in [-0.2, 0) is 22.4 Å². The number of carboxylic acid groups (broad SMARTS) is 1. The lowest BCUT2D eigenvalue weighted by atomic mass is 10.1. The first-order valence-electron chi connectivity index (χ1n) is 8.66. The predicted octanol–water partition coefficient (Wildman–Crippen LogP) is 2.09. The highest BCUT2D eigenvalue weighted by Gasteiger charge is 2.21. The van der Waals surface area contributed by atoms with Gasteiger partial charge >= 0.3 is 5.97 Å². The van der Waals surface area contributed by atoms with Crippen LogP contribution in [0.25, 0.3) is 5.65 Å². The van der Waals surface area contributed by atoms with Crippen LogP contribution >= 0.6 is 0 Å². The van der Waals surface area contributed by atoms with Gasteiger partial charge in [0.15, 0.2) is 0 Å². The molecule has 3 N–H and O–H groups in total. The maximum atomic E-state index is 12.3. The van der Waals surface area contributed by atoms with Gasteiger partial charge in [-0.1, -0.05) is 18.2 Å². The maximum absolute atomic E-state index is 12.3. The molecule has 0 saturated heterocycles. The quantitative estimate of drug-likeness (QED) is 0.593. The highest BCUT2D eigenvalue weighted by atomic mass is 16.4. The van der Waals surface area contributed by atoms with E-state index in [0.29, 0.717) is 6.42 Å². The van der Waals surface area contributed by atoms with E-state index in [4.69, 9.17) is 0 Å². The van der Waals surface area contributed by atoms with Crippen molar-refractivity contribution in [2.24, 2.45) is 0 Å². The fraction of sp³-hybridized carbons (Fsp3) is 0.250. The van der Waals surface area contributed by atoms with Crippen LogP contribution in [0.15, 0.2) is 48.7 Å². The fourth-order valence-corrected chi connectivity index (χ4v) is 3.03. The Labute approximate surface area is 156 Å². The first kappa shape index (κ1) is 18.4. The Morgan fingerprint density at radius 1 is 1.19 bits per heavy atom. The number of aryl methyl sites for hydroxylation is 2. The number of aromatic nitrogens is 2. The Hall–Kier alpha value is -3.35. The summed E-state index contributed by atoms with van der Waals surface area (Å²) in [6, 6.07) is 10.9. The van der Waals surface area contributed by atoms with Gasteiger partial charge < -0.3 is 19.9 Å². The largest absolute Gasteiger partial charge is 0.508 e. The molecular formula is C20H21N3O4. The number of phenolic OH excluding ortho intramolecular Hbond substituents is 1. The molecule has 7 heteroatoms. The van der Waals surface area contributed by atoms with Crippen molar-refractivity contribution in [2.75, 3.05) is 0 Å². The highest BCUT2D eigenvalue weighted by Crippen LogP contribution is 2.14. The summed E-state index contributed by atoms with van der Waals surface area (Å²) in [6.45, 7) is 1.89. The number of hydrogen-bond donors (Lipinski definition) is 3. The number of fused-ring (bicyclic) bond motifs is 1. The van der Waals surface area contributed by atoms with Gasteiger partial charge in [0, 0.05) is 24.7 Å². The number of nitrogens with zero attached hydrogens (tertiary/aromatic N) is 2. The van der Waals surface area contributed by atoms with Gasteiger partial charge in [0.05, 0.1) is 5.69 Å². The van der Waals surface area contributed by atoms with E-state index in [-0.39, 0.29) is 24.5 Å². The van der Waals surface area contributed by atoms with Crippen LogP contribution in [0.3, 0.4) is 0 Å². The number of rotatable bonds is 7. The Balaban J connectivity index is 1.63. The van der Waals surface area contributed by atoms with Crippen molar-refractivity contribution in [3.63, 3.8) is 0 Å². The molecule has 0 bridgehead atoms. The number of amides is 1. The van der Waals surface area contributed by atoms with Crippen LogP contribution in [0, 0.1) is 6.92 Å². The second-order valence-electron chi connectivity index (χ2n) is 6.40. The number of benzene rings is 1. The van der Waals surface area contributed by atoms with E-state index >= 15 is 0 Å². The van der Waals surface area contributed by atoms with Crippen LogP contribution < -0.4 is 5.32 Å². The summed E-state index contributed by atoms with van der Waals surface area (Å²) in [5, 5.41) is 21.3. The summed E-state index contributed by atoms with van der Waals surface area (Å²) >= 11 is 0. The average Bonchev–Trinajstić information content (AvgIpc) is 2.96. The molecule has 3 rings (SSSR count). The third kappa shape index (κ3) is 4.44. The number of imidazole rings is 1. The standard InChI is InChI=1S/C20H21N3O4/c1-13-17(23-11-3-2-4-18(23)21-13)9-10-19(25)22-16(20(26)27)12-14-5-7-15(24)8-6-14/h2-8,11,16,24H,9-10,12H2,1H3,(H,22,25)(H,26,27). The molecule has 1 unspecified atom stereocenters. The summed E-state index contributed by atoms with van der Waals surface area (Å²) < 4.78 is 1.94. The minimum Gasteiger partial charge on any atom is -0.508 e. The van der Waals surface area contributed by atoms with Crippen LogP contribution in [-0.4, -0.2) is 37.5 Å². The van der Waals surface area contributed by atoms with Gasteiger partial charge in [0.25, 0.3) is 0 Å². The van der Waals surface area contributed by atoms with Crippen molar-refractivity contribution in [3.05, 3.63) is 65.6 Å². The molecule has 27 heavy (non-hydrogen) atoms. The molecule has 7 nitrogen and oxygen atoms in total. The Kier molecular flexibility index (Phi) is 5.40. The smallest absolute Gasteiger partial charge is 0.326 e. The van der Waals surface area contributed by atoms with Gasteiger partial charge in [-0.25, -0.2) is 9.78 Å². The Morgan fingerprint density at radius 2 is 1.93 bits per heavy atom. The van der Waals surface area contributed by atoms with Crippen molar-refractivity contribution in [2.45, 2.75) is 32.2 Å². The number of carbonyl (C=O) groups is 2. The zero-order valence-electron chi connectivity index (χ0n) is 14.9. The number of carboxylic acids is 1.